The minimum atomic E-state index is -0.785. The molecular formula is C74H132O6. The smallest absolute Gasteiger partial charge is 0.306 e. The van der Waals surface area contributed by atoms with Gasteiger partial charge in [-0.1, -0.05) is 299 Å². The van der Waals surface area contributed by atoms with E-state index < -0.39 is 6.10 Å². The molecule has 0 heterocycles. The second-order valence-electron chi connectivity index (χ2n) is 23.4. The SMILES string of the molecule is CCCCCC/C=C\C/C=C\CCCCCCCC(=O)OC(COC(=O)CCCCCCC/C=C\CCCCCC)COC(=O)CCCCCCCCCCCCCCCCCCCC/C=C\C/C=C\C/C=C\CCCCCCC. The third-order valence-electron chi connectivity index (χ3n) is 15.4. The van der Waals surface area contributed by atoms with Gasteiger partial charge in [-0.2, -0.15) is 0 Å². The minimum Gasteiger partial charge on any atom is -0.462 e. The van der Waals surface area contributed by atoms with Gasteiger partial charge >= 0.3 is 17.9 Å². The van der Waals surface area contributed by atoms with Crippen molar-refractivity contribution in [2.24, 2.45) is 0 Å². The maximum atomic E-state index is 12.9. The first-order valence-corrected chi connectivity index (χ1v) is 34.9. The summed E-state index contributed by atoms with van der Waals surface area (Å²) in [7, 11) is 0. The van der Waals surface area contributed by atoms with Crippen LogP contribution >= 0.6 is 0 Å². The molecule has 464 valence electrons. The van der Waals surface area contributed by atoms with Crippen molar-refractivity contribution in [3.63, 3.8) is 0 Å². The van der Waals surface area contributed by atoms with Gasteiger partial charge in [-0.05, 0) is 116 Å². The summed E-state index contributed by atoms with van der Waals surface area (Å²) >= 11 is 0. The van der Waals surface area contributed by atoms with Crippen molar-refractivity contribution >= 4 is 17.9 Å². The summed E-state index contributed by atoms with van der Waals surface area (Å²) in [6.07, 6.45) is 89.4. The highest BCUT2D eigenvalue weighted by molar-refractivity contribution is 5.71. The largest absolute Gasteiger partial charge is 0.462 e. The van der Waals surface area contributed by atoms with Crippen LogP contribution < -0.4 is 0 Å². The zero-order chi connectivity index (χ0) is 57.8. The molecular weight excluding hydrogens is 985 g/mol. The van der Waals surface area contributed by atoms with E-state index in [1.54, 1.807) is 0 Å². The molecule has 0 N–H and O–H groups in total. The number of ether oxygens (including phenoxy) is 3. The normalized spacial score (nSPS) is 12.5. The molecule has 0 aromatic carbocycles. The Morgan fingerprint density at radius 2 is 0.450 bits per heavy atom. The van der Waals surface area contributed by atoms with Crippen LogP contribution in [0, 0.1) is 0 Å². The Hall–Kier alpha value is -3.15. The van der Waals surface area contributed by atoms with Crippen LogP contribution in [0.15, 0.2) is 72.9 Å². The van der Waals surface area contributed by atoms with Crippen molar-refractivity contribution in [2.75, 3.05) is 13.2 Å². The van der Waals surface area contributed by atoms with Gasteiger partial charge in [0.05, 0.1) is 0 Å². The summed E-state index contributed by atoms with van der Waals surface area (Å²) in [5.41, 5.74) is 0. The lowest BCUT2D eigenvalue weighted by atomic mass is 10.0. The summed E-state index contributed by atoms with van der Waals surface area (Å²) in [4.78, 5) is 38.3. The summed E-state index contributed by atoms with van der Waals surface area (Å²) in [5, 5.41) is 0. The van der Waals surface area contributed by atoms with E-state index in [1.807, 2.05) is 0 Å². The molecule has 0 radical (unpaired) electrons. The first kappa shape index (κ1) is 76.9. The van der Waals surface area contributed by atoms with Crippen LogP contribution in [0.4, 0.5) is 0 Å². The zero-order valence-electron chi connectivity index (χ0n) is 53.3. The van der Waals surface area contributed by atoms with Gasteiger partial charge < -0.3 is 14.2 Å². The van der Waals surface area contributed by atoms with Gasteiger partial charge in [-0.15, -0.1) is 0 Å². The van der Waals surface area contributed by atoms with Gasteiger partial charge in [0.15, 0.2) is 6.10 Å². The molecule has 0 aliphatic heterocycles. The third kappa shape index (κ3) is 65.7. The highest BCUT2D eigenvalue weighted by Crippen LogP contribution is 2.17. The fourth-order valence-electron chi connectivity index (χ4n) is 10.1. The number of carbonyl (C=O) groups excluding carboxylic acids is 3. The van der Waals surface area contributed by atoms with E-state index in [0.29, 0.717) is 19.3 Å². The Balaban J connectivity index is 4.15. The molecule has 0 amide bonds. The lowest BCUT2D eigenvalue weighted by Crippen LogP contribution is -2.30. The summed E-state index contributed by atoms with van der Waals surface area (Å²) in [5.74, 6) is -0.886. The zero-order valence-corrected chi connectivity index (χ0v) is 53.3. The van der Waals surface area contributed by atoms with Crippen molar-refractivity contribution in [3.8, 4) is 0 Å². The van der Waals surface area contributed by atoms with Gasteiger partial charge in [0.2, 0.25) is 0 Å². The Kier molecular flexibility index (Phi) is 65.7. The van der Waals surface area contributed by atoms with Gasteiger partial charge in [0.1, 0.15) is 13.2 Å². The van der Waals surface area contributed by atoms with Gasteiger partial charge in [0, 0.05) is 19.3 Å². The second kappa shape index (κ2) is 68.3. The van der Waals surface area contributed by atoms with Crippen LogP contribution in [0.3, 0.4) is 0 Å². The second-order valence-corrected chi connectivity index (χ2v) is 23.4. The molecule has 0 aliphatic carbocycles. The van der Waals surface area contributed by atoms with Crippen LogP contribution in [0.1, 0.15) is 361 Å². The summed E-state index contributed by atoms with van der Waals surface area (Å²) < 4.78 is 16.9. The molecule has 0 spiro atoms. The van der Waals surface area contributed by atoms with Crippen molar-refractivity contribution in [1.29, 1.82) is 0 Å². The molecule has 6 heteroatoms. The van der Waals surface area contributed by atoms with Crippen molar-refractivity contribution < 1.29 is 28.6 Å². The first-order valence-electron chi connectivity index (χ1n) is 34.9. The van der Waals surface area contributed by atoms with Crippen molar-refractivity contribution in [2.45, 2.75) is 367 Å². The predicted molar refractivity (Wildman–Crippen MR) is 348 cm³/mol. The molecule has 80 heavy (non-hydrogen) atoms. The van der Waals surface area contributed by atoms with Crippen LogP contribution in [0.5, 0.6) is 0 Å². The lowest BCUT2D eigenvalue weighted by molar-refractivity contribution is -0.167. The Morgan fingerprint density at radius 3 is 0.725 bits per heavy atom. The van der Waals surface area contributed by atoms with Gasteiger partial charge in [-0.3, -0.25) is 14.4 Å². The number of allylic oxidation sites excluding steroid dienone is 12. The molecule has 0 saturated carbocycles. The fourth-order valence-corrected chi connectivity index (χ4v) is 10.1. The number of carbonyl (C=O) groups is 3. The fraction of sp³-hybridized carbons (Fsp3) is 0.797. The number of hydrogen-bond donors (Lipinski definition) is 0. The number of unbranched alkanes of at least 4 members (excludes halogenated alkanes) is 41. The first-order chi connectivity index (χ1) is 39.5. The highest BCUT2D eigenvalue weighted by atomic mass is 16.6. The Morgan fingerprint density at radius 1 is 0.250 bits per heavy atom. The van der Waals surface area contributed by atoms with Crippen LogP contribution in [0.25, 0.3) is 0 Å². The maximum absolute atomic E-state index is 12.9. The number of esters is 3. The Bertz CT molecular complexity index is 1470. The summed E-state index contributed by atoms with van der Waals surface area (Å²) in [6.45, 7) is 6.62. The molecule has 6 nitrogen and oxygen atoms in total. The lowest BCUT2D eigenvalue weighted by Gasteiger charge is -2.18. The molecule has 0 aromatic rings. The molecule has 0 aliphatic rings. The van der Waals surface area contributed by atoms with Gasteiger partial charge in [0.25, 0.3) is 0 Å². The van der Waals surface area contributed by atoms with Crippen LogP contribution in [-0.2, 0) is 28.6 Å². The van der Waals surface area contributed by atoms with Crippen LogP contribution in [0.2, 0.25) is 0 Å². The molecule has 0 aromatic heterocycles. The van der Waals surface area contributed by atoms with E-state index in [-0.39, 0.29) is 31.1 Å². The topological polar surface area (TPSA) is 78.9 Å². The molecule has 0 saturated heterocycles. The monoisotopic (exact) mass is 1120 g/mol. The molecule has 1 atom stereocenters. The highest BCUT2D eigenvalue weighted by Gasteiger charge is 2.19. The Labute approximate surface area is 497 Å². The standard InChI is InChI=1S/C74H132O6/c1-4-7-10-13-16-19-22-25-27-29-30-31-32-33-34-35-36-37-38-39-40-41-42-43-44-45-47-49-52-55-58-61-64-67-73(76)79-70-71(69-78-72(75)66-63-60-57-54-51-48-24-21-18-15-12-9-6-3)80-74(77)68-65-62-59-56-53-50-46-28-26-23-20-17-14-11-8-5-2/h20-25,28-30,32-33,46,71H,4-19,26-27,31,34-45,47-70H2,1-3H3/b23-20-,24-21-,25-22-,30-29-,33-32-,46-28-. The molecule has 0 bridgehead atoms. The number of hydrogen-bond acceptors (Lipinski definition) is 6. The molecule has 0 fully saturated rings. The molecule has 0 rings (SSSR count). The van der Waals surface area contributed by atoms with Crippen molar-refractivity contribution in [3.05, 3.63) is 72.9 Å². The predicted octanol–water partition coefficient (Wildman–Crippen LogP) is 24.1. The van der Waals surface area contributed by atoms with E-state index in [0.717, 1.165) is 103 Å². The van der Waals surface area contributed by atoms with E-state index in [9.17, 15) is 14.4 Å². The third-order valence-corrected chi connectivity index (χ3v) is 15.4. The van der Waals surface area contributed by atoms with E-state index in [4.69, 9.17) is 14.2 Å². The van der Waals surface area contributed by atoms with E-state index in [1.165, 1.54) is 218 Å². The van der Waals surface area contributed by atoms with Crippen LogP contribution in [-0.4, -0.2) is 37.2 Å². The van der Waals surface area contributed by atoms with Crippen molar-refractivity contribution in [1.82, 2.24) is 0 Å². The minimum absolute atomic E-state index is 0.0805. The van der Waals surface area contributed by atoms with E-state index >= 15 is 0 Å². The van der Waals surface area contributed by atoms with Gasteiger partial charge in [-0.25, -0.2) is 0 Å². The average Bonchev–Trinajstić information content (AvgIpc) is 3.46. The maximum Gasteiger partial charge on any atom is 0.306 e. The average molecular weight is 1120 g/mol. The molecule has 1 unspecified atom stereocenters. The van der Waals surface area contributed by atoms with E-state index in [2.05, 4.69) is 93.7 Å². The number of rotatable bonds is 64. The quantitative estimate of drug-likeness (QED) is 0.0261. The summed E-state index contributed by atoms with van der Waals surface area (Å²) in [6, 6.07) is 0.